The molecule has 0 saturated carbocycles. The Balaban J connectivity index is 1.66. The fraction of sp³-hybridized carbons (Fsp3) is 0.476. The number of aryl methyl sites for hydroxylation is 2. The van der Waals surface area contributed by atoms with Gasteiger partial charge in [0.05, 0.1) is 7.11 Å². The maximum Gasteiger partial charge on any atom is 0.191 e. The molecule has 0 spiro atoms. The fourth-order valence-electron chi connectivity index (χ4n) is 3.65. The van der Waals surface area contributed by atoms with Gasteiger partial charge in [0.15, 0.2) is 22.1 Å². The third kappa shape index (κ3) is 3.81. The minimum Gasteiger partial charge on any atom is -0.497 e. The lowest BCUT2D eigenvalue weighted by atomic mass is 10.1. The predicted molar refractivity (Wildman–Crippen MR) is 114 cm³/mol. The molecule has 0 bridgehead atoms. The van der Waals surface area contributed by atoms with Crippen molar-refractivity contribution < 1.29 is 4.74 Å². The van der Waals surface area contributed by atoms with E-state index in [9.17, 15) is 0 Å². The predicted octanol–water partition coefficient (Wildman–Crippen LogP) is 4.22. The van der Waals surface area contributed by atoms with Crippen molar-refractivity contribution in [2.75, 3.05) is 25.1 Å². The average Bonchev–Trinajstić information content (AvgIpc) is 3.08. The fourth-order valence-corrected chi connectivity index (χ4v) is 4.44. The topological polar surface area (TPSA) is 56.1 Å². The quantitative estimate of drug-likeness (QED) is 0.459. The lowest BCUT2D eigenvalue weighted by molar-refractivity contribution is 0.414. The van der Waals surface area contributed by atoms with Gasteiger partial charge in [-0.05, 0) is 37.0 Å². The molecule has 6 nitrogen and oxygen atoms in total. The van der Waals surface area contributed by atoms with Gasteiger partial charge in [-0.3, -0.25) is 0 Å². The molecule has 0 amide bonds. The zero-order valence-electron chi connectivity index (χ0n) is 16.8. The first-order valence-electron chi connectivity index (χ1n) is 9.93. The van der Waals surface area contributed by atoms with Gasteiger partial charge in [-0.1, -0.05) is 30.8 Å². The number of ether oxygens (including phenoxy) is 1. The summed E-state index contributed by atoms with van der Waals surface area (Å²) in [5, 5.41) is 0.814. The molecule has 1 aromatic carbocycles. The number of fused-ring (bicyclic) bond motifs is 1. The molecule has 1 fully saturated rings. The maximum absolute atomic E-state index is 5.24. The first kappa shape index (κ1) is 19.1. The number of thioether (sulfide) groups is 1. The van der Waals surface area contributed by atoms with Crippen molar-refractivity contribution in [3.05, 3.63) is 35.7 Å². The third-order valence-electron chi connectivity index (χ3n) is 5.27. The third-order valence-corrected chi connectivity index (χ3v) is 6.19. The van der Waals surface area contributed by atoms with Crippen LogP contribution < -0.4 is 9.64 Å². The molecule has 3 heterocycles. The Morgan fingerprint density at radius 3 is 2.46 bits per heavy atom. The molecule has 2 aromatic heterocycles. The minimum absolute atomic E-state index is 0.814. The monoisotopic (exact) mass is 397 g/mol. The number of hydrogen-bond donors (Lipinski definition) is 0. The molecule has 28 heavy (non-hydrogen) atoms. The zero-order chi connectivity index (χ0) is 19.5. The number of imidazole rings is 1. The van der Waals surface area contributed by atoms with Crippen LogP contribution in [0, 0.1) is 0 Å². The number of nitrogens with zero attached hydrogens (tertiary/aromatic N) is 5. The molecule has 4 rings (SSSR count). The molecular weight excluding hydrogens is 370 g/mol. The molecular formula is C21H27N5OS. The van der Waals surface area contributed by atoms with Crippen LogP contribution in [0.2, 0.25) is 0 Å². The second-order valence-electron chi connectivity index (χ2n) is 7.13. The molecule has 0 unspecified atom stereocenters. The Labute approximate surface area is 170 Å². The van der Waals surface area contributed by atoms with Crippen LogP contribution in [0.15, 0.2) is 29.4 Å². The molecule has 1 aliphatic heterocycles. The van der Waals surface area contributed by atoms with E-state index in [1.807, 2.05) is 12.1 Å². The zero-order valence-corrected chi connectivity index (χ0v) is 17.6. The van der Waals surface area contributed by atoms with Crippen molar-refractivity contribution in [3.8, 4) is 5.75 Å². The van der Waals surface area contributed by atoms with E-state index >= 15 is 0 Å². The first-order chi connectivity index (χ1) is 13.7. The van der Waals surface area contributed by atoms with Crippen LogP contribution >= 0.6 is 11.8 Å². The van der Waals surface area contributed by atoms with E-state index in [0.29, 0.717) is 0 Å². The highest BCUT2D eigenvalue weighted by Crippen LogP contribution is 2.30. The number of rotatable bonds is 6. The number of piperidine rings is 1. The van der Waals surface area contributed by atoms with E-state index in [4.69, 9.17) is 19.7 Å². The van der Waals surface area contributed by atoms with Crippen LogP contribution in [0.1, 0.15) is 37.6 Å². The Morgan fingerprint density at radius 2 is 1.79 bits per heavy atom. The summed E-state index contributed by atoms with van der Waals surface area (Å²) >= 11 is 1.67. The standard InChI is InChI=1S/C21H27N5OS/c1-4-17-22-18-19(25(17)2)23-21(24-20(18)26-12-6-5-7-13-26)28-14-15-8-10-16(27-3)11-9-15/h8-11H,4-7,12-14H2,1-3H3. The summed E-state index contributed by atoms with van der Waals surface area (Å²) in [7, 11) is 3.74. The van der Waals surface area contributed by atoms with Gasteiger partial charge < -0.3 is 14.2 Å². The summed E-state index contributed by atoms with van der Waals surface area (Å²) < 4.78 is 7.36. The van der Waals surface area contributed by atoms with E-state index in [2.05, 4.69) is 35.6 Å². The summed E-state index contributed by atoms with van der Waals surface area (Å²) in [5.74, 6) is 3.76. The van der Waals surface area contributed by atoms with Gasteiger partial charge in [-0.25, -0.2) is 15.0 Å². The highest BCUT2D eigenvalue weighted by molar-refractivity contribution is 7.98. The highest BCUT2D eigenvalue weighted by Gasteiger charge is 2.21. The molecule has 0 N–H and O–H groups in total. The number of aromatic nitrogens is 4. The van der Waals surface area contributed by atoms with Crippen LogP contribution in [-0.4, -0.2) is 39.7 Å². The molecule has 0 aliphatic carbocycles. The SMILES string of the molecule is CCc1nc2c(N3CCCCC3)nc(SCc3ccc(OC)cc3)nc2n1C. The van der Waals surface area contributed by atoms with Crippen molar-refractivity contribution >= 4 is 28.7 Å². The van der Waals surface area contributed by atoms with Crippen LogP contribution in [0.5, 0.6) is 5.75 Å². The Morgan fingerprint density at radius 1 is 1.04 bits per heavy atom. The van der Waals surface area contributed by atoms with Crippen molar-refractivity contribution in [1.82, 2.24) is 19.5 Å². The minimum atomic E-state index is 0.814. The van der Waals surface area contributed by atoms with Crippen LogP contribution in [-0.2, 0) is 19.2 Å². The molecule has 1 aliphatic rings. The number of methoxy groups -OCH3 is 1. The molecule has 3 aromatic rings. The van der Waals surface area contributed by atoms with E-state index in [1.54, 1.807) is 18.9 Å². The maximum atomic E-state index is 5.24. The van der Waals surface area contributed by atoms with E-state index in [1.165, 1.54) is 24.8 Å². The Hall–Kier alpha value is -2.28. The number of benzene rings is 1. The summed E-state index contributed by atoms with van der Waals surface area (Å²) in [6.07, 6.45) is 4.62. The Bertz CT molecular complexity index is 948. The van der Waals surface area contributed by atoms with Gasteiger partial charge in [0, 0.05) is 32.3 Å². The van der Waals surface area contributed by atoms with Gasteiger partial charge in [-0.15, -0.1) is 0 Å². The second kappa shape index (κ2) is 8.39. The number of anilines is 1. The summed E-state index contributed by atoms with van der Waals surface area (Å²) in [6, 6.07) is 8.17. The molecule has 7 heteroatoms. The van der Waals surface area contributed by atoms with Gasteiger partial charge in [0.25, 0.3) is 0 Å². The molecule has 148 valence electrons. The summed E-state index contributed by atoms with van der Waals surface area (Å²) in [5.41, 5.74) is 3.10. The lowest BCUT2D eigenvalue weighted by Crippen LogP contribution is -2.30. The highest BCUT2D eigenvalue weighted by atomic mass is 32.2. The Kier molecular flexibility index (Phi) is 5.71. The van der Waals surface area contributed by atoms with Crippen LogP contribution in [0.4, 0.5) is 5.82 Å². The second-order valence-corrected chi connectivity index (χ2v) is 8.07. The first-order valence-corrected chi connectivity index (χ1v) is 10.9. The van der Waals surface area contributed by atoms with Gasteiger partial charge in [0.1, 0.15) is 11.6 Å². The van der Waals surface area contributed by atoms with Crippen molar-refractivity contribution in [3.63, 3.8) is 0 Å². The van der Waals surface area contributed by atoms with Gasteiger partial charge in [0.2, 0.25) is 0 Å². The van der Waals surface area contributed by atoms with E-state index < -0.39 is 0 Å². The van der Waals surface area contributed by atoms with Gasteiger partial charge >= 0.3 is 0 Å². The van der Waals surface area contributed by atoms with Crippen molar-refractivity contribution in [2.24, 2.45) is 7.05 Å². The summed E-state index contributed by atoms with van der Waals surface area (Å²) in [4.78, 5) is 17.0. The normalized spacial score (nSPS) is 14.6. The van der Waals surface area contributed by atoms with E-state index in [-0.39, 0.29) is 0 Å². The van der Waals surface area contributed by atoms with Gasteiger partial charge in [-0.2, -0.15) is 0 Å². The molecule has 0 atom stereocenters. The molecule has 0 radical (unpaired) electrons. The number of hydrogen-bond acceptors (Lipinski definition) is 6. The largest absolute Gasteiger partial charge is 0.497 e. The van der Waals surface area contributed by atoms with Crippen molar-refractivity contribution in [2.45, 2.75) is 43.5 Å². The smallest absolute Gasteiger partial charge is 0.191 e. The van der Waals surface area contributed by atoms with Crippen LogP contribution in [0.25, 0.3) is 11.2 Å². The van der Waals surface area contributed by atoms with E-state index in [0.717, 1.165) is 59.0 Å². The summed E-state index contributed by atoms with van der Waals surface area (Å²) in [6.45, 7) is 4.23. The van der Waals surface area contributed by atoms with Crippen LogP contribution in [0.3, 0.4) is 0 Å². The lowest BCUT2D eigenvalue weighted by Gasteiger charge is -2.27. The molecule has 1 saturated heterocycles. The van der Waals surface area contributed by atoms with Crippen molar-refractivity contribution in [1.29, 1.82) is 0 Å². The average molecular weight is 398 g/mol.